The molecule has 1 saturated heterocycles. The largest absolute Gasteiger partial charge is 0.390 e. The number of sulfonamides is 1. The van der Waals surface area contributed by atoms with E-state index in [4.69, 9.17) is 0 Å². The molecule has 2 atom stereocenters. The van der Waals surface area contributed by atoms with E-state index in [9.17, 15) is 21.9 Å². The molecule has 1 aliphatic heterocycles. The van der Waals surface area contributed by atoms with Crippen molar-refractivity contribution in [3.63, 3.8) is 0 Å². The maximum atomic E-state index is 12.8. The van der Waals surface area contributed by atoms with Crippen molar-refractivity contribution in [2.75, 3.05) is 18.6 Å². The molecule has 1 fully saturated rings. The molecular weight excluding hydrogens is 326 g/mol. The topological polar surface area (TPSA) is 91.8 Å². The van der Waals surface area contributed by atoms with Gasteiger partial charge in [0.2, 0.25) is 10.0 Å². The number of rotatable bonds is 3. The van der Waals surface area contributed by atoms with Crippen LogP contribution in [0, 0.1) is 20.8 Å². The molecule has 124 valence electrons. The molecule has 22 heavy (non-hydrogen) atoms. The number of aliphatic hydroxyl groups excluding tert-OH is 1. The van der Waals surface area contributed by atoms with Crippen molar-refractivity contribution in [1.29, 1.82) is 0 Å². The third kappa shape index (κ3) is 3.05. The fourth-order valence-electron chi connectivity index (χ4n) is 2.70. The lowest BCUT2D eigenvalue weighted by Gasteiger charge is -2.26. The predicted molar refractivity (Wildman–Crippen MR) is 84.1 cm³/mol. The van der Waals surface area contributed by atoms with E-state index in [0.717, 1.165) is 15.4 Å². The second-order valence-electron chi connectivity index (χ2n) is 5.93. The Morgan fingerprint density at radius 1 is 1.09 bits per heavy atom. The van der Waals surface area contributed by atoms with Crippen molar-refractivity contribution in [3.8, 4) is 0 Å². The Morgan fingerprint density at radius 2 is 1.64 bits per heavy atom. The van der Waals surface area contributed by atoms with E-state index in [1.807, 2.05) is 13.8 Å². The van der Waals surface area contributed by atoms with Crippen LogP contribution in [0.5, 0.6) is 0 Å². The Morgan fingerprint density at radius 3 is 2.14 bits per heavy atom. The monoisotopic (exact) mass is 347 g/mol. The Hall–Kier alpha value is -0.960. The molecule has 1 heterocycles. The zero-order valence-electron chi connectivity index (χ0n) is 13.1. The van der Waals surface area contributed by atoms with Crippen molar-refractivity contribution >= 4 is 19.9 Å². The molecule has 8 heteroatoms. The SMILES string of the molecule is Cc1cc(C)c(S(=O)(=O)N(C)[C@H]2CS(=O)(=O)C[C@@H]2O)cc1C. The molecule has 1 aliphatic rings. The number of nitrogens with zero attached hydrogens (tertiary/aromatic N) is 1. The van der Waals surface area contributed by atoms with E-state index >= 15 is 0 Å². The van der Waals surface area contributed by atoms with E-state index < -0.39 is 37.8 Å². The van der Waals surface area contributed by atoms with E-state index in [0.29, 0.717) is 5.56 Å². The minimum Gasteiger partial charge on any atom is -0.390 e. The second-order valence-corrected chi connectivity index (χ2v) is 10.1. The molecule has 0 amide bonds. The van der Waals surface area contributed by atoms with Gasteiger partial charge in [0.15, 0.2) is 9.84 Å². The van der Waals surface area contributed by atoms with Gasteiger partial charge in [0.05, 0.1) is 28.5 Å². The summed E-state index contributed by atoms with van der Waals surface area (Å²) in [7, 11) is -5.96. The molecule has 0 spiro atoms. The number of hydrogen-bond acceptors (Lipinski definition) is 5. The molecule has 2 rings (SSSR count). The normalized spacial score (nSPS) is 24.8. The van der Waals surface area contributed by atoms with Crippen molar-refractivity contribution in [1.82, 2.24) is 4.31 Å². The summed E-state index contributed by atoms with van der Waals surface area (Å²) < 4.78 is 49.8. The van der Waals surface area contributed by atoms with Gasteiger partial charge in [-0.1, -0.05) is 6.07 Å². The Bertz CT molecular complexity index is 799. The van der Waals surface area contributed by atoms with Gasteiger partial charge in [-0.2, -0.15) is 4.31 Å². The highest BCUT2D eigenvalue weighted by Gasteiger charge is 2.43. The van der Waals surface area contributed by atoms with Crippen molar-refractivity contribution in [2.45, 2.75) is 37.8 Å². The fraction of sp³-hybridized carbons (Fsp3) is 0.571. The maximum absolute atomic E-state index is 12.8. The van der Waals surface area contributed by atoms with Crippen LogP contribution in [-0.2, 0) is 19.9 Å². The van der Waals surface area contributed by atoms with Crippen molar-refractivity contribution in [3.05, 3.63) is 28.8 Å². The highest BCUT2D eigenvalue weighted by Crippen LogP contribution is 2.27. The van der Waals surface area contributed by atoms with E-state index in [1.54, 1.807) is 19.1 Å². The highest BCUT2D eigenvalue weighted by atomic mass is 32.2. The van der Waals surface area contributed by atoms with Gasteiger partial charge in [0.1, 0.15) is 0 Å². The Labute approximate surface area is 131 Å². The molecule has 0 bridgehead atoms. The first-order valence-electron chi connectivity index (χ1n) is 6.90. The molecule has 0 aliphatic carbocycles. The molecule has 1 aromatic rings. The summed E-state index contributed by atoms with van der Waals surface area (Å²) in [6.07, 6.45) is -1.20. The number of aliphatic hydroxyl groups is 1. The Kier molecular flexibility index (Phi) is 4.42. The predicted octanol–water partition coefficient (Wildman–Crippen LogP) is 0.390. The third-order valence-corrected chi connectivity index (χ3v) is 7.93. The summed E-state index contributed by atoms with van der Waals surface area (Å²) in [6.45, 7) is 5.42. The van der Waals surface area contributed by atoms with Crippen LogP contribution in [0.3, 0.4) is 0 Å². The first-order chi connectivity index (χ1) is 9.95. The minimum atomic E-state index is -3.87. The van der Waals surface area contributed by atoms with Gasteiger partial charge in [0, 0.05) is 7.05 Å². The second kappa shape index (κ2) is 5.59. The maximum Gasteiger partial charge on any atom is 0.243 e. The first kappa shape index (κ1) is 17.4. The van der Waals surface area contributed by atoms with Gasteiger partial charge in [-0.25, -0.2) is 16.8 Å². The Balaban J connectivity index is 2.45. The number of sulfone groups is 1. The van der Waals surface area contributed by atoms with Crippen LogP contribution in [0.1, 0.15) is 16.7 Å². The van der Waals surface area contributed by atoms with Crippen LogP contribution in [0.4, 0.5) is 0 Å². The molecule has 6 nitrogen and oxygen atoms in total. The molecule has 0 unspecified atom stereocenters. The zero-order valence-corrected chi connectivity index (χ0v) is 14.7. The van der Waals surface area contributed by atoms with Gasteiger partial charge >= 0.3 is 0 Å². The molecule has 0 aromatic heterocycles. The molecule has 0 saturated carbocycles. The van der Waals surface area contributed by atoms with Gasteiger partial charge in [-0.15, -0.1) is 0 Å². The summed E-state index contributed by atoms with van der Waals surface area (Å²) in [5, 5.41) is 9.89. The molecule has 1 N–H and O–H groups in total. The number of aryl methyl sites for hydroxylation is 3. The van der Waals surface area contributed by atoms with Gasteiger partial charge in [0.25, 0.3) is 0 Å². The minimum absolute atomic E-state index is 0.148. The lowest BCUT2D eigenvalue weighted by atomic mass is 10.1. The summed E-state index contributed by atoms with van der Waals surface area (Å²) in [5.74, 6) is -0.753. The van der Waals surface area contributed by atoms with Crippen LogP contribution >= 0.6 is 0 Å². The summed E-state index contributed by atoms with van der Waals surface area (Å²) in [4.78, 5) is 0.148. The van der Waals surface area contributed by atoms with Gasteiger partial charge in [-0.05, 0) is 43.5 Å². The average molecular weight is 347 g/mol. The smallest absolute Gasteiger partial charge is 0.243 e. The van der Waals surface area contributed by atoms with Crippen molar-refractivity contribution < 1.29 is 21.9 Å². The highest BCUT2D eigenvalue weighted by molar-refractivity contribution is 7.92. The zero-order chi connectivity index (χ0) is 16.9. The number of likely N-dealkylation sites (N-methyl/N-ethyl adjacent to an activating group) is 1. The van der Waals surface area contributed by atoms with Gasteiger partial charge < -0.3 is 5.11 Å². The summed E-state index contributed by atoms with van der Waals surface area (Å²) in [6, 6.07) is 2.43. The summed E-state index contributed by atoms with van der Waals surface area (Å²) in [5.41, 5.74) is 2.44. The molecular formula is C14H21NO5S2. The number of hydrogen-bond donors (Lipinski definition) is 1. The standard InChI is InChI=1S/C14H21NO5S2/c1-9-5-11(3)14(6-10(9)2)22(19,20)15(4)12-7-21(17,18)8-13(12)16/h5-6,12-13,16H,7-8H2,1-4H3/t12-,13-/m0/s1. The quantitative estimate of drug-likeness (QED) is 0.854. The average Bonchev–Trinajstić information content (AvgIpc) is 2.66. The van der Waals surface area contributed by atoms with Crippen LogP contribution in [0.2, 0.25) is 0 Å². The van der Waals surface area contributed by atoms with Crippen LogP contribution in [0.25, 0.3) is 0 Å². The van der Waals surface area contributed by atoms with Crippen LogP contribution < -0.4 is 0 Å². The fourth-order valence-corrected chi connectivity index (χ4v) is 6.32. The van der Waals surface area contributed by atoms with E-state index in [2.05, 4.69) is 0 Å². The van der Waals surface area contributed by atoms with E-state index in [-0.39, 0.29) is 10.6 Å². The van der Waals surface area contributed by atoms with Gasteiger partial charge in [-0.3, -0.25) is 0 Å². The van der Waals surface area contributed by atoms with Crippen LogP contribution in [0.15, 0.2) is 17.0 Å². The first-order valence-corrected chi connectivity index (χ1v) is 10.2. The third-order valence-electron chi connectivity index (χ3n) is 4.21. The lowest BCUT2D eigenvalue weighted by Crippen LogP contribution is -2.44. The lowest BCUT2D eigenvalue weighted by molar-refractivity contribution is 0.137. The molecule has 0 radical (unpaired) electrons. The van der Waals surface area contributed by atoms with Crippen molar-refractivity contribution in [2.24, 2.45) is 0 Å². The van der Waals surface area contributed by atoms with Crippen LogP contribution in [-0.4, -0.2) is 56.9 Å². The molecule has 1 aromatic carbocycles. The number of benzene rings is 1. The van der Waals surface area contributed by atoms with E-state index in [1.165, 1.54) is 7.05 Å². The summed E-state index contributed by atoms with van der Waals surface area (Å²) >= 11 is 0.